The first-order valence-corrected chi connectivity index (χ1v) is 7.60. The summed E-state index contributed by atoms with van der Waals surface area (Å²) < 4.78 is 6.62. The second-order valence-corrected chi connectivity index (χ2v) is 5.50. The van der Waals surface area contributed by atoms with Crippen LogP contribution in [0.15, 0.2) is 45.1 Å². The molecule has 0 radical (unpaired) electrons. The minimum atomic E-state index is -0.425. The number of para-hydroxylation sites is 2. The van der Waals surface area contributed by atoms with Gasteiger partial charge in [-0.3, -0.25) is 4.57 Å². The minimum Gasteiger partial charge on any atom is -0.408 e. The number of aromatic nitrogens is 2. The van der Waals surface area contributed by atoms with Crippen LogP contribution in [-0.2, 0) is 13.1 Å². The molecule has 0 fully saturated rings. The number of urea groups is 1. The molecule has 0 saturated heterocycles. The fraction of sp³-hybridized carbons (Fsp3) is 0.214. The van der Waals surface area contributed by atoms with Crippen molar-refractivity contribution in [3.05, 3.63) is 51.4 Å². The van der Waals surface area contributed by atoms with Crippen LogP contribution >= 0.6 is 11.3 Å². The van der Waals surface area contributed by atoms with Gasteiger partial charge in [-0.25, -0.2) is 14.6 Å². The summed E-state index contributed by atoms with van der Waals surface area (Å²) in [5, 5.41) is 8.10. The van der Waals surface area contributed by atoms with Crippen LogP contribution in [0.3, 0.4) is 0 Å². The molecule has 0 aliphatic rings. The summed E-state index contributed by atoms with van der Waals surface area (Å²) in [6, 6.07) is 6.89. The summed E-state index contributed by atoms with van der Waals surface area (Å²) in [7, 11) is 0. The van der Waals surface area contributed by atoms with E-state index in [1.807, 2.05) is 17.5 Å². The van der Waals surface area contributed by atoms with Crippen LogP contribution in [0.2, 0.25) is 0 Å². The normalized spacial score (nSPS) is 10.7. The van der Waals surface area contributed by atoms with Gasteiger partial charge in [0.15, 0.2) is 5.58 Å². The van der Waals surface area contributed by atoms with Gasteiger partial charge < -0.3 is 15.1 Å². The fourth-order valence-electron chi connectivity index (χ4n) is 2.07. The number of fused-ring (bicyclic) bond motifs is 1. The molecule has 0 saturated carbocycles. The van der Waals surface area contributed by atoms with E-state index in [-0.39, 0.29) is 6.03 Å². The smallest absolute Gasteiger partial charge is 0.408 e. The van der Waals surface area contributed by atoms with Crippen molar-refractivity contribution >= 4 is 28.5 Å². The van der Waals surface area contributed by atoms with Gasteiger partial charge in [0.2, 0.25) is 0 Å². The maximum Gasteiger partial charge on any atom is 0.420 e. The molecule has 114 valence electrons. The van der Waals surface area contributed by atoms with Crippen molar-refractivity contribution in [1.82, 2.24) is 20.2 Å². The SMILES string of the molecule is O=C(NCCn1c(=O)oc2ccccc21)NCc1nccs1. The zero-order valence-electron chi connectivity index (χ0n) is 11.6. The van der Waals surface area contributed by atoms with Crippen LogP contribution in [-0.4, -0.2) is 22.1 Å². The highest BCUT2D eigenvalue weighted by Gasteiger charge is 2.08. The second kappa shape index (κ2) is 6.44. The molecule has 0 spiro atoms. The van der Waals surface area contributed by atoms with Crippen molar-refractivity contribution in [3.8, 4) is 0 Å². The van der Waals surface area contributed by atoms with E-state index in [4.69, 9.17) is 4.42 Å². The molecule has 0 unspecified atom stereocenters. The van der Waals surface area contributed by atoms with E-state index in [0.29, 0.717) is 25.2 Å². The number of hydrogen-bond donors (Lipinski definition) is 2. The topological polar surface area (TPSA) is 89.2 Å². The molecule has 2 aromatic heterocycles. The lowest BCUT2D eigenvalue weighted by molar-refractivity contribution is 0.240. The first kappa shape index (κ1) is 14.3. The number of benzene rings is 1. The molecule has 0 atom stereocenters. The van der Waals surface area contributed by atoms with E-state index in [0.717, 1.165) is 10.5 Å². The predicted molar refractivity (Wildman–Crippen MR) is 82.8 cm³/mol. The van der Waals surface area contributed by atoms with Crippen LogP contribution in [0.25, 0.3) is 11.1 Å². The average Bonchev–Trinajstić information content (AvgIpc) is 3.13. The fourth-order valence-corrected chi connectivity index (χ4v) is 2.62. The molecule has 0 aliphatic heterocycles. The van der Waals surface area contributed by atoms with E-state index in [1.165, 1.54) is 15.9 Å². The number of nitrogens with zero attached hydrogens (tertiary/aromatic N) is 2. The van der Waals surface area contributed by atoms with Gasteiger partial charge in [0.25, 0.3) is 0 Å². The quantitative estimate of drug-likeness (QED) is 0.747. The number of oxazole rings is 1. The zero-order chi connectivity index (χ0) is 15.4. The van der Waals surface area contributed by atoms with Crippen molar-refractivity contribution in [3.63, 3.8) is 0 Å². The molecule has 3 aromatic rings. The van der Waals surface area contributed by atoms with Gasteiger partial charge in [-0.05, 0) is 12.1 Å². The third kappa shape index (κ3) is 3.17. The Kier molecular flexibility index (Phi) is 4.19. The third-order valence-electron chi connectivity index (χ3n) is 3.08. The van der Waals surface area contributed by atoms with E-state index in [2.05, 4.69) is 15.6 Å². The van der Waals surface area contributed by atoms with Gasteiger partial charge in [0.05, 0.1) is 12.1 Å². The monoisotopic (exact) mass is 318 g/mol. The summed E-state index contributed by atoms with van der Waals surface area (Å²) in [5.74, 6) is -0.425. The number of thiazole rings is 1. The van der Waals surface area contributed by atoms with E-state index < -0.39 is 5.76 Å². The summed E-state index contributed by atoms with van der Waals surface area (Å²) in [6.45, 7) is 1.06. The lowest BCUT2D eigenvalue weighted by Gasteiger charge is -2.06. The predicted octanol–water partition coefficient (Wildman–Crippen LogP) is 1.55. The summed E-state index contributed by atoms with van der Waals surface area (Å²) in [4.78, 5) is 27.5. The third-order valence-corrected chi connectivity index (χ3v) is 3.86. The van der Waals surface area contributed by atoms with Crippen LogP contribution in [0.1, 0.15) is 5.01 Å². The maximum atomic E-state index is 11.8. The van der Waals surface area contributed by atoms with Crippen LogP contribution < -0.4 is 16.4 Å². The number of carbonyl (C=O) groups is 1. The summed E-state index contributed by atoms with van der Waals surface area (Å²) >= 11 is 1.48. The van der Waals surface area contributed by atoms with Crippen molar-refractivity contribution in [2.45, 2.75) is 13.1 Å². The molecular formula is C14H14N4O3S. The molecular weight excluding hydrogens is 304 g/mol. The van der Waals surface area contributed by atoms with Crippen LogP contribution in [0, 0.1) is 0 Å². The molecule has 8 heteroatoms. The highest BCUT2D eigenvalue weighted by atomic mass is 32.1. The maximum absolute atomic E-state index is 11.8. The first-order chi connectivity index (χ1) is 10.7. The largest absolute Gasteiger partial charge is 0.420 e. The van der Waals surface area contributed by atoms with Crippen molar-refractivity contribution in [1.29, 1.82) is 0 Å². The van der Waals surface area contributed by atoms with Gasteiger partial charge in [-0.2, -0.15) is 0 Å². The Morgan fingerprint density at radius 1 is 1.32 bits per heavy atom. The summed E-state index contributed by atoms with van der Waals surface area (Å²) in [6.07, 6.45) is 1.69. The number of amides is 2. The van der Waals surface area contributed by atoms with Crippen molar-refractivity contribution < 1.29 is 9.21 Å². The highest BCUT2D eigenvalue weighted by molar-refractivity contribution is 7.09. The molecule has 2 N–H and O–H groups in total. The van der Waals surface area contributed by atoms with Crippen LogP contribution in [0.5, 0.6) is 0 Å². The van der Waals surface area contributed by atoms with Gasteiger partial charge in [-0.1, -0.05) is 12.1 Å². The lowest BCUT2D eigenvalue weighted by atomic mass is 10.3. The Labute approximate surface area is 129 Å². The molecule has 7 nitrogen and oxygen atoms in total. The standard InChI is InChI=1S/C14H14N4O3S/c19-13(17-9-12-15-6-8-22-12)16-5-7-18-10-3-1-2-4-11(10)21-14(18)20/h1-4,6,8H,5,7,9H2,(H2,16,17,19). The van der Waals surface area contributed by atoms with Crippen LogP contribution in [0.4, 0.5) is 4.79 Å². The first-order valence-electron chi connectivity index (χ1n) is 6.72. The zero-order valence-corrected chi connectivity index (χ0v) is 12.4. The molecule has 22 heavy (non-hydrogen) atoms. The molecule has 1 aromatic carbocycles. The minimum absolute atomic E-state index is 0.295. The van der Waals surface area contributed by atoms with E-state index >= 15 is 0 Å². The van der Waals surface area contributed by atoms with E-state index in [9.17, 15) is 9.59 Å². The number of hydrogen-bond acceptors (Lipinski definition) is 5. The van der Waals surface area contributed by atoms with Gasteiger partial charge in [-0.15, -0.1) is 11.3 Å². The molecule has 2 heterocycles. The molecule has 2 amide bonds. The Balaban J connectivity index is 1.53. The second-order valence-electron chi connectivity index (χ2n) is 4.52. The van der Waals surface area contributed by atoms with Crippen molar-refractivity contribution in [2.75, 3.05) is 6.54 Å². The Morgan fingerprint density at radius 3 is 3.00 bits per heavy atom. The number of carbonyl (C=O) groups excluding carboxylic acids is 1. The Morgan fingerprint density at radius 2 is 2.18 bits per heavy atom. The van der Waals surface area contributed by atoms with Gasteiger partial charge in [0, 0.05) is 24.7 Å². The molecule has 3 rings (SSSR count). The number of rotatable bonds is 5. The lowest BCUT2D eigenvalue weighted by Crippen LogP contribution is -2.37. The Hall–Kier alpha value is -2.61. The molecule has 0 aliphatic carbocycles. The van der Waals surface area contributed by atoms with Gasteiger partial charge >= 0.3 is 11.8 Å². The molecule has 0 bridgehead atoms. The Bertz CT molecular complexity index is 822. The van der Waals surface area contributed by atoms with E-state index in [1.54, 1.807) is 18.3 Å². The van der Waals surface area contributed by atoms with Crippen molar-refractivity contribution in [2.24, 2.45) is 0 Å². The van der Waals surface area contributed by atoms with Gasteiger partial charge in [0.1, 0.15) is 5.01 Å². The number of nitrogens with one attached hydrogen (secondary N) is 2. The summed E-state index contributed by atoms with van der Waals surface area (Å²) in [5.41, 5.74) is 1.26. The highest BCUT2D eigenvalue weighted by Crippen LogP contribution is 2.11. The average molecular weight is 318 g/mol.